The summed E-state index contributed by atoms with van der Waals surface area (Å²) in [7, 11) is -3.26. The molecule has 1 aliphatic heterocycles. The van der Waals surface area contributed by atoms with Gasteiger partial charge < -0.3 is 5.73 Å². The molecule has 0 saturated carbocycles. The van der Waals surface area contributed by atoms with E-state index in [1.165, 1.54) is 4.31 Å². The lowest BCUT2D eigenvalue weighted by molar-refractivity contribution is 0.340. The first-order chi connectivity index (χ1) is 7.06. The molecule has 0 aromatic rings. The fraction of sp³-hybridized carbons (Fsp3) is 1.00. The number of rotatable bonds is 5. The van der Waals surface area contributed by atoms with Gasteiger partial charge in [-0.2, -0.15) is 12.7 Å². The van der Waals surface area contributed by atoms with Gasteiger partial charge in [-0.15, -0.1) is 0 Å². The zero-order valence-corrected chi connectivity index (χ0v) is 10.1. The molecular weight excluding hydrogens is 214 g/mol. The summed E-state index contributed by atoms with van der Waals surface area (Å²) in [6.07, 6.45) is 3.06. The number of nitrogens with one attached hydrogen (secondary N) is 1. The normalized spacial score (nSPS) is 21.5. The zero-order valence-electron chi connectivity index (χ0n) is 9.28. The third kappa shape index (κ3) is 4.06. The molecule has 1 atom stereocenters. The van der Waals surface area contributed by atoms with E-state index in [9.17, 15) is 8.42 Å². The first kappa shape index (κ1) is 12.9. The lowest BCUT2D eigenvalue weighted by Crippen LogP contribution is -2.45. The molecule has 0 radical (unpaired) electrons. The summed E-state index contributed by atoms with van der Waals surface area (Å²) in [6, 6.07) is 0. The van der Waals surface area contributed by atoms with Crippen molar-refractivity contribution >= 4 is 10.2 Å². The second-order valence-corrected chi connectivity index (χ2v) is 5.91. The van der Waals surface area contributed by atoms with Gasteiger partial charge in [-0.3, -0.25) is 0 Å². The predicted molar refractivity (Wildman–Crippen MR) is 60.6 cm³/mol. The standard InChI is InChI=1S/C9H21N3O2S/c1-9(7-10)8-11-15(13,14)12-5-3-2-4-6-12/h9,11H,2-8,10H2,1H3. The molecule has 1 aliphatic rings. The smallest absolute Gasteiger partial charge is 0.279 e. The molecule has 0 aliphatic carbocycles. The lowest BCUT2D eigenvalue weighted by atomic mass is 10.2. The molecule has 0 aromatic heterocycles. The minimum Gasteiger partial charge on any atom is -0.330 e. The summed E-state index contributed by atoms with van der Waals surface area (Å²) in [5, 5.41) is 0. The molecular formula is C9H21N3O2S. The van der Waals surface area contributed by atoms with Crippen molar-refractivity contribution in [1.29, 1.82) is 0 Å². The Balaban J connectivity index is 2.43. The molecule has 15 heavy (non-hydrogen) atoms. The third-order valence-electron chi connectivity index (χ3n) is 2.67. The summed E-state index contributed by atoms with van der Waals surface area (Å²) >= 11 is 0. The van der Waals surface area contributed by atoms with Crippen LogP contribution in [0.4, 0.5) is 0 Å². The maximum Gasteiger partial charge on any atom is 0.279 e. The van der Waals surface area contributed by atoms with Crippen molar-refractivity contribution in [3.8, 4) is 0 Å². The maximum atomic E-state index is 11.8. The van der Waals surface area contributed by atoms with Gasteiger partial charge in [-0.05, 0) is 25.3 Å². The SMILES string of the molecule is CC(CN)CNS(=O)(=O)N1CCCCC1. The summed E-state index contributed by atoms with van der Waals surface area (Å²) in [4.78, 5) is 0. The summed E-state index contributed by atoms with van der Waals surface area (Å²) < 4.78 is 27.7. The van der Waals surface area contributed by atoms with Crippen molar-refractivity contribution in [3.63, 3.8) is 0 Å². The lowest BCUT2D eigenvalue weighted by Gasteiger charge is -2.26. The topological polar surface area (TPSA) is 75.4 Å². The Bertz CT molecular complexity index is 273. The van der Waals surface area contributed by atoms with Crippen LogP contribution in [0.25, 0.3) is 0 Å². The van der Waals surface area contributed by atoms with E-state index >= 15 is 0 Å². The Hall–Kier alpha value is -0.170. The molecule has 5 nitrogen and oxygen atoms in total. The van der Waals surface area contributed by atoms with Crippen LogP contribution < -0.4 is 10.5 Å². The van der Waals surface area contributed by atoms with Gasteiger partial charge in [0.25, 0.3) is 10.2 Å². The minimum absolute atomic E-state index is 0.185. The summed E-state index contributed by atoms with van der Waals surface area (Å²) in [5.74, 6) is 0.185. The van der Waals surface area contributed by atoms with Gasteiger partial charge in [0.2, 0.25) is 0 Å². The van der Waals surface area contributed by atoms with Gasteiger partial charge in [-0.1, -0.05) is 13.3 Å². The molecule has 1 unspecified atom stereocenters. The van der Waals surface area contributed by atoms with Crippen molar-refractivity contribution in [1.82, 2.24) is 9.03 Å². The molecule has 0 aromatic carbocycles. The van der Waals surface area contributed by atoms with Crippen LogP contribution >= 0.6 is 0 Å². The van der Waals surface area contributed by atoms with Crippen LogP contribution in [0.5, 0.6) is 0 Å². The number of hydrogen-bond acceptors (Lipinski definition) is 3. The van der Waals surface area contributed by atoms with E-state index in [0.717, 1.165) is 19.3 Å². The first-order valence-corrected chi connectivity index (χ1v) is 6.95. The van der Waals surface area contributed by atoms with Crippen LogP contribution in [-0.2, 0) is 10.2 Å². The van der Waals surface area contributed by atoms with Crippen LogP contribution in [0.1, 0.15) is 26.2 Å². The van der Waals surface area contributed by atoms with Gasteiger partial charge in [0.15, 0.2) is 0 Å². The Morgan fingerprint density at radius 1 is 1.33 bits per heavy atom. The van der Waals surface area contributed by atoms with Crippen LogP contribution in [0, 0.1) is 5.92 Å². The van der Waals surface area contributed by atoms with Crippen molar-refractivity contribution in [2.24, 2.45) is 11.7 Å². The highest BCUT2D eigenvalue weighted by atomic mass is 32.2. The number of piperidine rings is 1. The fourth-order valence-electron chi connectivity index (χ4n) is 1.53. The number of hydrogen-bond donors (Lipinski definition) is 2. The van der Waals surface area contributed by atoms with Crippen LogP contribution in [-0.4, -0.2) is 38.9 Å². The van der Waals surface area contributed by atoms with E-state index in [-0.39, 0.29) is 5.92 Å². The second kappa shape index (κ2) is 5.79. The maximum absolute atomic E-state index is 11.8. The van der Waals surface area contributed by atoms with Gasteiger partial charge >= 0.3 is 0 Å². The predicted octanol–water partition coefficient (Wildman–Crippen LogP) is -0.0985. The molecule has 1 heterocycles. The number of nitrogens with two attached hydrogens (primary N) is 1. The summed E-state index contributed by atoms with van der Waals surface area (Å²) in [5.41, 5.74) is 5.43. The van der Waals surface area contributed by atoms with E-state index in [0.29, 0.717) is 26.2 Å². The highest BCUT2D eigenvalue weighted by Gasteiger charge is 2.23. The van der Waals surface area contributed by atoms with Crippen molar-refractivity contribution in [3.05, 3.63) is 0 Å². The minimum atomic E-state index is -3.26. The van der Waals surface area contributed by atoms with Crippen molar-refractivity contribution in [2.45, 2.75) is 26.2 Å². The van der Waals surface area contributed by atoms with Crippen molar-refractivity contribution < 1.29 is 8.42 Å². The molecule has 3 N–H and O–H groups in total. The molecule has 0 amide bonds. The Morgan fingerprint density at radius 2 is 1.93 bits per heavy atom. The van der Waals surface area contributed by atoms with E-state index in [1.807, 2.05) is 6.92 Å². The highest BCUT2D eigenvalue weighted by molar-refractivity contribution is 7.87. The quantitative estimate of drug-likeness (QED) is 0.699. The average Bonchev–Trinajstić information content (AvgIpc) is 2.27. The van der Waals surface area contributed by atoms with Gasteiger partial charge in [0.05, 0.1) is 0 Å². The van der Waals surface area contributed by atoms with Crippen LogP contribution in [0.3, 0.4) is 0 Å². The first-order valence-electron chi connectivity index (χ1n) is 5.51. The Labute approximate surface area is 92.2 Å². The molecule has 1 fully saturated rings. The van der Waals surface area contributed by atoms with Crippen LogP contribution in [0.2, 0.25) is 0 Å². The average molecular weight is 235 g/mol. The Morgan fingerprint density at radius 3 is 2.47 bits per heavy atom. The fourth-order valence-corrected chi connectivity index (χ4v) is 2.94. The van der Waals surface area contributed by atoms with Crippen LogP contribution in [0.15, 0.2) is 0 Å². The van der Waals surface area contributed by atoms with E-state index in [1.54, 1.807) is 0 Å². The van der Waals surface area contributed by atoms with Gasteiger partial charge in [-0.25, -0.2) is 4.72 Å². The molecule has 6 heteroatoms. The molecule has 0 bridgehead atoms. The zero-order chi connectivity index (χ0) is 11.3. The Kier molecular flexibility index (Phi) is 4.98. The molecule has 90 valence electrons. The molecule has 1 rings (SSSR count). The van der Waals surface area contributed by atoms with Gasteiger partial charge in [0, 0.05) is 19.6 Å². The van der Waals surface area contributed by atoms with Crippen molar-refractivity contribution in [2.75, 3.05) is 26.2 Å². The molecule has 0 spiro atoms. The van der Waals surface area contributed by atoms with E-state index in [2.05, 4.69) is 4.72 Å². The number of nitrogens with zero attached hydrogens (tertiary/aromatic N) is 1. The summed E-state index contributed by atoms with van der Waals surface area (Å²) in [6.45, 7) is 4.15. The second-order valence-electron chi connectivity index (χ2n) is 4.15. The third-order valence-corrected chi connectivity index (χ3v) is 4.25. The van der Waals surface area contributed by atoms with E-state index in [4.69, 9.17) is 5.73 Å². The molecule has 1 saturated heterocycles. The van der Waals surface area contributed by atoms with E-state index < -0.39 is 10.2 Å². The monoisotopic (exact) mass is 235 g/mol. The highest BCUT2D eigenvalue weighted by Crippen LogP contribution is 2.11. The largest absolute Gasteiger partial charge is 0.330 e. The van der Waals surface area contributed by atoms with Gasteiger partial charge in [0.1, 0.15) is 0 Å².